The zero-order valence-corrected chi connectivity index (χ0v) is 7.58. The van der Waals surface area contributed by atoms with E-state index in [4.69, 9.17) is 5.84 Å². The first kappa shape index (κ1) is 9.44. The summed E-state index contributed by atoms with van der Waals surface area (Å²) in [5, 5.41) is 0. The molecule has 1 rings (SSSR count). The van der Waals surface area contributed by atoms with Gasteiger partial charge in [0.2, 0.25) is 0 Å². The standard InChI is InChI=1S/C7H16N4O/c1-10-3-4-11(2)6(5-10)7(12)9-8/h6H,3-5,8H2,1-2H3,(H,9,12)/t6-/m0/s1. The summed E-state index contributed by atoms with van der Waals surface area (Å²) in [7, 11) is 3.94. The molecule has 5 heteroatoms. The third kappa shape index (κ3) is 1.94. The highest BCUT2D eigenvalue weighted by molar-refractivity contribution is 5.81. The fourth-order valence-corrected chi connectivity index (χ4v) is 1.39. The van der Waals surface area contributed by atoms with Crippen LogP contribution in [0.15, 0.2) is 0 Å². The number of hydrogen-bond donors (Lipinski definition) is 2. The molecule has 0 saturated carbocycles. The molecule has 1 heterocycles. The van der Waals surface area contributed by atoms with Crippen molar-refractivity contribution in [2.75, 3.05) is 33.7 Å². The van der Waals surface area contributed by atoms with Crippen LogP contribution in [0.2, 0.25) is 0 Å². The average Bonchev–Trinajstić information content (AvgIpc) is 2.08. The fraction of sp³-hybridized carbons (Fsp3) is 0.857. The van der Waals surface area contributed by atoms with Crippen molar-refractivity contribution in [3.63, 3.8) is 0 Å². The highest BCUT2D eigenvalue weighted by Gasteiger charge is 2.27. The number of rotatable bonds is 1. The number of piperazine rings is 1. The lowest BCUT2D eigenvalue weighted by molar-refractivity contribution is -0.127. The zero-order valence-electron chi connectivity index (χ0n) is 7.58. The Kier molecular flexibility index (Phi) is 3.02. The number of carbonyl (C=O) groups excluding carboxylic acids is 1. The van der Waals surface area contributed by atoms with E-state index >= 15 is 0 Å². The molecular weight excluding hydrogens is 156 g/mol. The SMILES string of the molecule is CN1CCN(C)[C@H](C(=O)NN)C1. The first-order valence-electron chi connectivity index (χ1n) is 4.04. The second kappa shape index (κ2) is 3.84. The van der Waals surface area contributed by atoms with Crippen LogP contribution in [-0.2, 0) is 4.79 Å². The van der Waals surface area contributed by atoms with Gasteiger partial charge in [-0.1, -0.05) is 0 Å². The Bertz CT molecular complexity index is 173. The van der Waals surface area contributed by atoms with Crippen molar-refractivity contribution in [1.29, 1.82) is 0 Å². The first-order chi connectivity index (χ1) is 5.65. The van der Waals surface area contributed by atoms with E-state index in [2.05, 4.69) is 10.3 Å². The summed E-state index contributed by atoms with van der Waals surface area (Å²) in [6.45, 7) is 2.67. The molecule has 70 valence electrons. The lowest BCUT2D eigenvalue weighted by atomic mass is 10.2. The van der Waals surface area contributed by atoms with Crippen LogP contribution in [0.1, 0.15) is 0 Å². The number of nitrogens with zero attached hydrogens (tertiary/aromatic N) is 2. The quantitative estimate of drug-likeness (QED) is 0.279. The Morgan fingerprint density at radius 3 is 2.75 bits per heavy atom. The van der Waals surface area contributed by atoms with E-state index in [9.17, 15) is 4.79 Å². The minimum absolute atomic E-state index is 0.103. The molecule has 0 bridgehead atoms. The van der Waals surface area contributed by atoms with Crippen molar-refractivity contribution in [1.82, 2.24) is 15.2 Å². The maximum atomic E-state index is 11.2. The van der Waals surface area contributed by atoms with Crippen molar-refractivity contribution in [2.45, 2.75) is 6.04 Å². The Morgan fingerprint density at radius 2 is 2.17 bits per heavy atom. The molecule has 1 aliphatic heterocycles. The summed E-state index contributed by atoms with van der Waals surface area (Å²) in [6, 6.07) is -0.103. The lowest BCUT2D eigenvalue weighted by Gasteiger charge is -2.36. The summed E-state index contributed by atoms with van der Waals surface area (Å²) in [6.07, 6.45) is 0. The Hall–Kier alpha value is -0.650. The molecule has 0 unspecified atom stereocenters. The molecule has 0 aromatic carbocycles. The predicted molar refractivity (Wildman–Crippen MR) is 46.2 cm³/mol. The van der Waals surface area contributed by atoms with Crippen LogP contribution in [0.4, 0.5) is 0 Å². The maximum absolute atomic E-state index is 11.2. The van der Waals surface area contributed by atoms with E-state index in [-0.39, 0.29) is 11.9 Å². The number of likely N-dealkylation sites (N-methyl/N-ethyl adjacent to an activating group) is 2. The van der Waals surface area contributed by atoms with Crippen LogP contribution < -0.4 is 11.3 Å². The molecule has 0 spiro atoms. The van der Waals surface area contributed by atoms with Gasteiger partial charge in [0.25, 0.3) is 5.91 Å². The van der Waals surface area contributed by atoms with Crippen LogP contribution in [0, 0.1) is 0 Å². The normalized spacial score (nSPS) is 27.1. The molecular formula is C7H16N4O. The number of carbonyl (C=O) groups is 1. The van der Waals surface area contributed by atoms with Crippen LogP contribution >= 0.6 is 0 Å². The third-order valence-corrected chi connectivity index (χ3v) is 2.30. The van der Waals surface area contributed by atoms with Crippen molar-refractivity contribution in [3.8, 4) is 0 Å². The molecule has 3 N–H and O–H groups in total. The van der Waals surface area contributed by atoms with Gasteiger partial charge in [-0.15, -0.1) is 0 Å². The molecule has 1 fully saturated rings. The molecule has 0 radical (unpaired) electrons. The number of hydrogen-bond acceptors (Lipinski definition) is 4. The largest absolute Gasteiger partial charge is 0.303 e. The molecule has 1 amide bonds. The highest BCUT2D eigenvalue weighted by Crippen LogP contribution is 2.04. The number of hydrazine groups is 1. The van der Waals surface area contributed by atoms with Gasteiger partial charge >= 0.3 is 0 Å². The summed E-state index contributed by atoms with van der Waals surface area (Å²) >= 11 is 0. The van der Waals surface area contributed by atoms with E-state index in [1.54, 1.807) is 0 Å². The second-order valence-corrected chi connectivity index (χ2v) is 3.27. The van der Waals surface area contributed by atoms with Gasteiger partial charge in [0, 0.05) is 19.6 Å². The molecule has 0 aromatic rings. The van der Waals surface area contributed by atoms with Gasteiger partial charge in [0.05, 0.1) is 0 Å². The minimum atomic E-state index is -0.107. The molecule has 1 saturated heterocycles. The summed E-state index contributed by atoms with van der Waals surface area (Å²) in [5.41, 5.74) is 2.18. The topological polar surface area (TPSA) is 61.6 Å². The van der Waals surface area contributed by atoms with Crippen molar-refractivity contribution >= 4 is 5.91 Å². The molecule has 5 nitrogen and oxygen atoms in total. The van der Waals surface area contributed by atoms with E-state index in [0.717, 1.165) is 19.6 Å². The van der Waals surface area contributed by atoms with Crippen molar-refractivity contribution in [2.24, 2.45) is 5.84 Å². The summed E-state index contributed by atoms with van der Waals surface area (Å²) in [5.74, 6) is 4.96. The number of nitrogens with two attached hydrogens (primary N) is 1. The first-order valence-corrected chi connectivity index (χ1v) is 4.04. The van der Waals surface area contributed by atoms with Gasteiger partial charge in [-0.25, -0.2) is 5.84 Å². The van der Waals surface area contributed by atoms with Gasteiger partial charge in [-0.05, 0) is 14.1 Å². The Balaban J connectivity index is 2.54. The predicted octanol–water partition coefficient (Wildman–Crippen LogP) is -1.78. The molecule has 1 aliphatic rings. The van der Waals surface area contributed by atoms with E-state index in [1.807, 2.05) is 19.0 Å². The second-order valence-electron chi connectivity index (χ2n) is 3.27. The average molecular weight is 172 g/mol. The van der Waals surface area contributed by atoms with Crippen molar-refractivity contribution in [3.05, 3.63) is 0 Å². The highest BCUT2D eigenvalue weighted by atomic mass is 16.2. The molecule has 1 atom stereocenters. The van der Waals surface area contributed by atoms with E-state index in [1.165, 1.54) is 0 Å². The van der Waals surface area contributed by atoms with Crippen LogP contribution in [0.5, 0.6) is 0 Å². The van der Waals surface area contributed by atoms with E-state index < -0.39 is 0 Å². The Morgan fingerprint density at radius 1 is 1.50 bits per heavy atom. The smallest absolute Gasteiger partial charge is 0.252 e. The Labute approximate surface area is 72.5 Å². The van der Waals surface area contributed by atoms with Crippen LogP contribution in [0.3, 0.4) is 0 Å². The van der Waals surface area contributed by atoms with Gasteiger partial charge in [0.1, 0.15) is 6.04 Å². The zero-order chi connectivity index (χ0) is 9.14. The van der Waals surface area contributed by atoms with Gasteiger partial charge in [-0.3, -0.25) is 15.1 Å². The maximum Gasteiger partial charge on any atom is 0.252 e. The number of amides is 1. The van der Waals surface area contributed by atoms with Gasteiger partial charge in [0.15, 0.2) is 0 Å². The van der Waals surface area contributed by atoms with E-state index in [0.29, 0.717) is 0 Å². The molecule has 0 aromatic heterocycles. The number of nitrogens with one attached hydrogen (secondary N) is 1. The van der Waals surface area contributed by atoms with Gasteiger partial charge in [-0.2, -0.15) is 0 Å². The monoisotopic (exact) mass is 172 g/mol. The lowest BCUT2D eigenvalue weighted by Crippen LogP contribution is -2.57. The molecule has 0 aliphatic carbocycles. The van der Waals surface area contributed by atoms with Gasteiger partial charge < -0.3 is 4.90 Å². The van der Waals surface area contributed by atoms with Crippen LogP contribution in [0.25, 0.3) is 0 Å². The van der Waals surface area contributed by atoms with Crippen LogP contribution in [-0.4, -0.2) is 55.5 Å². The molecule has 12 heavy (non-hydrogen) atoms. The summed E-state index contributed by atoms with van der Waals surface area (Å²) in [4.78, 5) is 15.4. The van der Waals surface area contributed by atoms with Crippen molar-refractivity contribution < 1.29 is 4.79 Å². The summed E-state index contributed by atoms with van der Waals surface area (Å²) < 4.78 is 0. The third-order valence-electron chi connectivity index (χ3n) is 2.30. The minimum Gasteiger partial charge on any atom is -0.303 e. The fourth-order valence-electron chi connectivity index (χ4n) is 1.39.